The van der Waals surface area contributed by atoms with Gasteiger partial charge in [-0.2, -0.15) is 0 Å². The number of amides is 2. The van der Waals surface area contributed by atoms with Gasteiger partial charge in [-0.3, -0.25) is 0 Å². The van der Waals surface area contributed by atoms with Crippen LogP contribution in [0.1, 0.15) is 22.7 Å². The second kappa shape index (κ2) is 5.19. The summed E-state index contributed by atoms with van der Waals surface area (Å²) in [6.07, 6.45) is 0.787. The van der Waals surface area contributed by atoms with Gasteiger partial charge in [-0.15, -0.1) is 0 Å². The Bertz CT molecular complexity index is 771. The van der Waals surface area contributed by atoms with Crippen molar-refractivity contribution in [3.05, 3.63) is 53.1 Å². The molecule has 2 amide bonds. The molecule has 23 heavy (non-hydrogen) atoms. The van der Waals surface area contributed by atoms with Gasteiger partial charge in [0.2, 0.25) is 0 Å². The van der Waals surface area contributed by atoms with Crippen molar-refractivity contribution in [2.75, 3.05) is 26.1 Å². The van der Waals surface area contributed by atoms with Crippen LogP contribution < -0.4 is 14.8 Å². The minimum absolute atomic E-state index is 0.0581. The van der Waals surface area contributed by atoms with E-state index in [2.05, 4.69) is 11.4 Å². The second-order valence-corrected chi connectivity index (χ2v) is 5.77. The van der Waals surface area contributed by atoms with E-state index >= 15 is 0 Å². The third-order valence-corrected chi connectivity index (χ3v) is 4.62. The summed E-state index contributed by atoms with van der Waals surface area (Å²) in [5.74, 6) is 1.54. The molecule has 2 heterocycles. The van der Waals surface area contributed by atoms with Crippen molar-refractivity contribution in [2.24, 2.45) is 0 Å². The van der Waals surface area contributed by atoms with Gasteiger partial charge in [0.1, 0.15) is 11.5 Å². The highest BCUT2D eigenvalue weighted by atomic mass is 16.5. The van der Waals surface area contributed by atoms with E-state index in [4.69, 9.17) is 9.47 Å². The van der Waals surface area contributed by atoms with Gasteiger partial charge < -0.3 is 19.7 Å². The summed E-state index contributed by atoms with van der Waals surface area (Å²) in [6, 6.07) is 11.7. The van der Waals surface area contributed by atoms with Gasteiger partial charge in [-0.25, -0.2) is 4.79 Å². The van der Waals surface area contributed by atoms with E-state index < -0.39 is 0 Å². The molecule has 2 aliphatic heterocycles. The molecule has 5 nitrogen and oxygen atoms in total. The van der Waals surface area contributed by atoms with E-state index in [0.29, 0.717) is 6.54 Å². The molecule has 1 atom stereocenters. The number of urea groups is 1. The quantitative estimate of drug-likeness (QED) is 0.927. The lowest BCUT2D eigenvalue weighted by Crippen LogP contribution is -2.46. The number of carbonyl (C=O) groups excluding carboxylic acids is 1. The van der Waals surface area contributed by atoms with Gasteiger partial charge in [0.05, 0.1) is 20.3 Å². The van der Waals surface area contributed by atoms with Crippen LogP contribution in [0.4, 0.5) is 10.5 Å². The first kappa shape index (κ1) is 13.9. The highest BCUT2D eigenvalue weighted by Crippen LogP contribution is 2.46. The maximum atomic E-state index is 12.5. The Morgan fingerprint density at radius 1 is 1.17 bits per heavy atom. The van der Waals surface area contributed by atoms with Crippen LogP contribution >= 0.6 is 0 Å². The molecule has 5 heteroatoms. The molecule has 2 aromatic carbocycles. The van der Waals surface area contributed by atoms with Crippen molar-refractivity contribution in [1.29, 1.82) is 0 Å². The summed E-state index contributed by atoms with van der Waals surface area (Å²) in [4.78, 5) is 14.3. The normalized spacial score (nSPS) is 18.4. The number of hydrogen-bond donors (Lipinski definition) is 1. The molecule has 2 aliphatic rings. The Morgan fingerprint density at radius 2 is 2.00 bits per heavy atom. The van der Waals surface area contributed by atoms with Crippen LogP contribution in [0.15, 0.2) is 36.4 Å². The van der Waals surface area contributed by atoms with Crippen molar-refractivity contribution in [1.82, 2.24) is 4.90 Å². The van der Waals surface area contributed by atoms with Crippen LogP contribution in [0.5, 0.6) is 11.5 Å². The van der Waals surface area contributed by atoms with Crippen LogP contribution in [0.25, 0.3) is 0 Å². The molecule has 2 aromatic rings. The number of benzene rings is 2. The van der Waals surface area contributed by atoms with Crippen molar-refractivity contribution in [2.45, 2.75) is 12.5 Å². The Labute approximate surface area is 134 Å². The third kappa shape index (κ3) is 2.04. The lowest BCUT2D eigenvalue weighted by Gasteiger charge is -2.42. The average molecular weight is 310 g/mol. The molecule has 4 rings (SSSR count). The molecule has 0 aromatic heterocycles. The number of anilines is 1. The molecular weight excluding hydrogens is 292 g/mol. The van der Waals surface area contributed by atoms with Gasteiger partial charge in [0, 0.05) is 29.4 Å². The largest absolute Gasteiger partial charge is 0.497 e. The van der Waals surface area contributed by atoms with Crippen molar-refractivity contribution < 1.29 is 14.3 Å². The highest BCUT2D eigenvalue weighted by Gasteiger charge is 2.39. The Kier molecular flexibility index (Phi) is 3.15. The fourth-order valence-electron chi connectivity index (χ4n) is 3.56. The summed E-state index contributed by atoms with van der Waals surface area (Å²) < 4.78 is 11.0. The number of ether oxygens (including phenoxy) is 2. The SMILES string of the molecule is COc1cc2c(c(OC)c1)C1c3ccccc3NC(=O)N1CC2. The Hall–Kier alpha value is -2.69. The molecule has 0 spiro atoms. The van der Waals surface area contributed by atoms with Crippen LogP contribution in [0.2, 0.25) is 0 Å². The van der Waals surface area contributed by atoms with Crippen LogP contribution in [-0.4, -0.2) is 31.7 Å². The Balaban J connectivity index is 1.96. The molecule has 0 radical (unpaired) electrons. The molecule has 0 aliphatic carbocycles. The molecule has 0 saturated carbocycles. The summed E-state index contributed by atoms with van der Waals surface area (Å²) >= 11 is 0. The van der Waals surface area contributed by atoms with Crippen molar-refractivity contribution >= 4 is 11.7 Å². The number of methoxy groups -OCH3 is 2. The zero-order chi connectivity index (χ0) is 16.0. The second-order valence-electron chi connectivity index (χ2n) is 5.77. The number of hydrogen-bond acceptors (Lipinski definition) is 3. The molecule has 1 N–H and O–H groups in total. The molecular formula is C18H18N2O3. The number of rotatable bonds is 2. The van der Waals surface area contributed by atoms with Gasteiger partial charge >= 0.3 is 6.03 Å². The van der Waals surface area contributed by atoms with E-state index in [1.807, 2.05) is 35.2 Å². The summed E-state index contributed by atoms with van der Waals surface area (Å²) in [7, 11) is 3.31. The average Bonchev–Trinajstić information content (AvgIpc) is 2.60. The van der Waals surface area contributed by atoms with Crippen LogP contribution in [-0.2, 0) is 6.42 Å². The first-order chi connectivity index (χ1) is 11.2. The van der Waals surface area contributed by atoms with E-state index in [1.165, 1.54) is 5.56 Å². The lowest BCUT2D eigenvalue weighted by atomic mass is 9.85. The third-order valence-electron chi connectivity index (χ3n) is 4.62. The predicted octanol–water partition coefficient (Wildman–Crippen LogP) is 3.20. The standard InChI is InChI=1S/C18H18N2O3/c1-22-12-9-11-7-8-20-17(16(11)15(10-12)23-2)13-5-3-4-6-14(13)19-18(20)21/h3-6,9-10,17H,7-8H2,1-2H3,(H,19,21). The fraction of sp³-hybridized carbons (Fsp3) is 0.278. The number of carbonyl (C=O) groups is 1. The smallest absolute Gasteiger partial charge is 0.322 e. The zero-order valence-corrected chi connectivity index (χ0v) is 13.1. The van der Waals surface area contributed by atoms with Gasteiger partial charge in [-0.1, -0.05) is 18.2 Å². The minimum atomic E-state index is -0.121. The first-order valence-electron chi connectivity index (χ1n) is 7.64. The molecule has 0 bridgehead atoms. The van der Waals surface area contributed by atoms with E-state index in [-0.39, 0.29) is 12.1 Å². The number of nitrogens with zero attached hydrogens (tertiary/aromatic N) is 1. The monoisotopic (exact) mass is 310 g/mol. The predicted molar refractivity (Wildman–Crippen MR) is 87.3 cm³/mol. The van der Waals surface area contributed by atoms with E-state index in [1.54, 1.807) is 14.2 Å². The molecule has 1 unspecified atom stereocenters. The van der Waals surface area contributed by atoms with Crippen molar-refractivity contribution in [3.8, 4) is 11.5 Å². The maximum absolute atomic E-state index is 12.5. The number of nitrogens with one attached hydrogen (secondary N) is 1. The minimum Gasteiger partial charge on any atom is -0.497 e. The molecule has 0 saturated heterocycles. The molecule has 118 valence electrons. The van der Waals surface area contributed by atoms with E-state index in [0.717, 1.165) is 34.7 Å². The fourth-order valence-corrected chi connectivity index (χ4v) is 3.56. The number of para-hydroxylation sites is 1. The summed E-state index contributed by atoms with van der Waals surface area (Å²) in [5, 5.41) is 2.97. The number of fused-ring (bicyclic) bond motifs is 5. The first-order valence-corrected chi connectivity index (χ1v) is 7.64. The van der Waals surface area contributed by atoms with Crippen LogP contribution in [0, 0.1) is 0 Å². The van der Waals surface area contributed by atoms with Gasteiger partial charge in [0.15, 0.2) is 0 Å². The van der Waals surface area contributed by atoms with E-state index in [9.17, 15) is 4.79 Å². The Morgan fingerprint density at radius 3 is 2.78 bits per heavy atom. The van der Waals surface area contributed by atoms with Crippen LogP contribution in [0.3, 0.4) is 0 Å². The maximum Gasteiger partial charge on any atom is 0.322 e. The van der Waals surface area contributed by atoms with Gasteiger partial charge in [0.25, 0.3) is 0 Å². The molecule has 0 fully saturated rings. The zero-order valence-electron chi connectivity index (χ0n) is 13.1. The summed E-state index contributed by atoms with van der Waals surface area (Å²) in [6.45, 7) is 0.675. The summed E-state index contributed by atoms with van der Waals surface area (Å²) in [5.41, 5.74) is 4.19. The van der Waals surface area contributed by atoms with Crippen molar-refractivity contribution in [3.63, 3.8) is 0 Å². The lowest BCUT2D eigenvalue weighted by molar-refractivity contribution is 0.189. The van der Waals surface area contributed by atoms with Gasteiger partial charge in [-0.05, 0) is 24.1 Å². The highest BCUT2D eigenvalue weighted by molar-refractivity contribution is 5.94. The topological polar surface area (TPSA) is 50.8 Å².